The van der Waals surface area contributed by atoms with Crippen LogP contribution in [0.4, 0.5) is 0 Å². The number of aliphatic hydroxyl groups excluding tert-OH is 1. The lowest BCUT2D eigenvalue weighted by Gasteiger charge is -1.99. The highest BCUT2D eigenvalue weighted by Gasteiger charge is 2.03. The molecule has 3 heteroatoms. The maximum atomic E-state index is 10.7. The Kier molecular flexibility index (Phi) is 4.81. The standard InChI is InChI=1S/C6H12O2S/c1-3-9-6(8)4-5(2)7/h5,7H,3-4H2,1-2H3. The Hall–Kier alpha value is -0.0200. The summed E-state index contributed by atoms with van der Waals surface area (Å²) < 4.78 is 0. The van der Waals surface area contributed by atoms with Gasteiger partial charge < -0.3 is 5.11 Å². The van der Waals surface area contributed by atoms with E-state index in [0.29, 0.717) is 0 Å². The highest BCUT2D eigenvalue weighted by molar-refractivity contribution is 8.13. The van der Waals surface area contributed by atoms with E-state index in [1.165, 1.54) is 11.8 Å². The molecule has 0 aliphatic rings. The van der Waals surface area contributed by atoms with Gasteiger partial charge in [0.2, 0.25) is 0 Å². The van der Waals surface area contributed by atoms with Gasteiger partial charge in [0.25, 0.3) is 0 Å². The third-order valence-electron chi connectivity index (χ3n) is 0.767. The van der Waals surface area contributed by atoms with Gasteiger partial charge in [-0.15, -0.1) is 0 Å². The van der Waals surface area contributed by atoms with E-state index in [4.69, 9.17) is 5.11 Å². The van der Waals surface area contributed by atoms with Crippen molar-refractivity contribution in [1.29, 1.82) is 0 Å². The Morgan fingerprint density at radius 3 is 2.67 bits per heavy atom. The molecule has 0 aliphatic heterocycles. The molecule has 2 nitrogen and oxygen atoms in total. The molecule has 0 bridgehead atoms. The maximum absolute atomic E-state index is 10.7. The Balaban J connectivity index is 3.27. The van der Waals surface area contributed by atoms with Crippen molar-refractivity contribution in [2.75, 3.05) is 5.75 Å². The van der Waals surface area contributed by atoms with Crippen molar-refractivity contribution < 1.29 is 9.90 Å². The third-order valence-corrected chi connectivity index (χ3v) is 1.54. The molecule has 0 spiro atoms. The van der Waals surface area contributed by atoms with E-state index in [2.05, 4.69) is 0 Å². The van der Waals surface area contributed by atoms with Crippen molar-refractivity contribution in [2.24, 2.45) is 0 Å². The molecule has 0 fully saturated rings. The fourth-order valence-electron chi connectivity index (χ4n) is 0.461. The zero-order valence-corrected chi connectivity index (χ0v) is 6.57. The number of hydrogen-bond acceptors (Lipinski definition) is 3. The number of carbonyl (C=O) groups excluding carboxylic acids is 1. The number of carbonyl (C=O) groups is 1. The van der Waals surface area contributed by atoms with Gasteiger partial charge in [-0.1, -0.05) is 18.7 Å². The van der Waals surface area contributed by atoms with E-state index < -0.39 is 6.10 Å². The average Bonchev–Trinajstić information content (AvgIpc) is 1.63. The Morgan fingerprint density at radius 2 is 2.33 bits per heavy atom. The predicted molar refractivity (Wildman–Crippen MR) is 39.4 cm³/mol. The summed E-state index contributed by atoms with van der Waals surface area (Å²) in [6.07, 6.45) is -0.213. The highest BCUT2D eigenvalue weighted by Crippen LogP contribution is 2.05. The summed E-state index contributed by atoms with van der Waals surface area (Å²) in [6.45, 7) is 3.54. The summed E-state index contributed by atoms with van der Waals surface area (Å²) in [5.74, 6) is 0.797. The lowest BCUT2D eigenvalue weighted by atomic mass is 10.3. The summed E-state index contributed by atoms with van der Waals surface area (Å²) >= 11 is 1.26. The highest BCUT2D eigenvalue weighted by atomic mass is 32.2. The Morgan fingerprint density at radius 1 is 1.78 bits per heavy atom. The topological polar surface area (TPSA) is 37.3 Å². The quantitative estimate of drug-likeness (QED) is 0.649. The third kappa shape index (κ3) is 5.86. The average molecular weight is 148 g/mol. The molecule has 1 N–H and O–H groups in total. The largest absolute Gasteiger partial charge is 0.393 e. The summed E-state index contributed by atoms with van der Waals surface area (Å²) in [5.41, 5.74) is 0. The van der Waals surface area contributed by atoms with Gasteiger partial charge in [-0.2, -0.15) is 0 Å². The van der Waals surface area contributed by atoms with Gasteiger partial charge in [-0.3, -0.25) is 4.79 Å². The predicted octanol–water partition coefficient (Wildman–Crippen LogP) is 1.04. The maximum Gasteiger partial charge on any atom is 0.191 e. The molecule has 54 valence electrons. The van der Waals surface area contributed by atoms with Gasteiger partial charge in [0.15, 0.2) is 5.12 Å². The fourth-order valence-corrected chi connectivity index (χ4v) is 1.14. The van der Waals surface area contributed by atoms with Crippen molar-refractivity contribution in [1.82, 2.24) is 0 Å². The van der Waals surface area contributed by atoms with E-state index in [1.807, 2.05) is 6.92 Å². The Bertz CT molecular complexity index is 91.1. The molecule has 1 atom stereocenters. The molecule has 0 radical (unpaired) electrons. The Labute approximate surface area is 59.6 Å². The molecule has 9 heavy (non-hydrogen) atoms. The molecule has 0 rings (SSSR count). The van der Waals surface area contributed by atoms with Crippen LogP contribution < -0.4 is 0 Å². The molecular weight excluding hydrogens is 136 g/mol. The minimum absolute atomic E-state index is 0.0764. The lowest BCUT2D eigenvalue weighted by molar-refractivity contribution is -0.112. The first-order valence-electron chi connectivity index (χ1n) is 3.00. The molecule has 1 unspecified atom stereocenters. The number of hydrogen-bond donors (Lipinski definition) is 1. The first kappa shape index (κ1) is 8.98. The summed E-state index contributed by atoms with van der Waals surface area (Å²) in [7, 11) is 0. The smallest absolute Gasteiger partial charge is 0.191 e. The second-order valence-electron chi connectivity index (χ2n) is 1.86. The number of rotatable bonds is 3. The van der Waals surface area contributed by atoms with E-state index in [9.17, 15) is 4.79 Å². The monoisotopic (exact) mass is 148 g/mol. The minimum atomic E-state index is -0.489. The van der Waals surface area contributed by atoms with Crippen LogP contribution in [-0.2, 0) is 4.79 Å². The van der Waals surface area contributed by atoms with Crippen LogP contribution in [0.3, 0.4) is 0 Å². The molecule has 0 heterocycles. The van der Waals surface area contributed by atoms with Crippen LogP contribution in [0.25, 0.3) is 0 Å². The molecule has 0 saturated heterocycles. The molecule has 0 amide bonds. The number of aliphatic hydroxyl groups is 1. The van der Waals surface area contributed by atoms with Crippen molar-refractivity contribution in [2.45, 2.75) is 26.4 Å². The molecular formula is C6H12O2S. The van der Waals surface area contributed by atoms with Crippen molar-refractivity contribution in [3.8, 4) is 0 Å². The van der Waals surface area contributed by atoms with Gasteiger partial charge in [0, 0.05) is 6.42 Å². The summed E-state index contributed by atoms with van der Waals surface area (Å²) in [5, 5.41) is 8.79. The van der Waals surface area contributed by atoms with E-state index in [1.54, 1.807) is 6.92 Å². The van der Waals surface area contributed by atoms with E-state index in [-0.39, 0.29) is 11.5 Å². The van der Waals surface area contributed by atoms with Gasteiger partial charge >= 0.3 is 0 Å². The van der Waals surface area contributed by atoms with Crippen molar-refractivity contribution in [3.63, 3.8) is 0 Å². The number of thioether (sulfide) groups is 1. The SMILES string of the molecule is CCSC(=O)CC(C)O. The molecule has 0 saturated carbocycles. The van der Waals surface area contributed by atoms with Crippen molar-refractivity contribution >= 4 is 16.9 Å². The molecule has 0 aromatic heterocycles. The second-order valence-corrected chi connectivity index (χ2v) is 3.18. The zero-order chi connectivity index (χ0) is 7.28. The molecule has 0 aromatic rings. The van der Waals surface area contributed by atoms with Crippen LogP contribution in [0.15, 0.2) is 0 Å². The van der Waals surface area contributed by atoms with E-state index >= 15 is 0 Å². The van der Waals surface area contributed by atoms with Crippen LogP contribution in [0.2, 0.25) is 0 Å². The fraction of sp³-hybridized carbons (Fsp3) is 0.833. The summed E-state index contributed by atoms with van der Waals surface area (Å²) in [6, 6.07) is 0. The van der Waals surface area contributed by atoms with Crippen LogP contribution in [0, 0.1) is 0 Å². The normalized spacial score (nSPS) is 13.2. The zero-order valence-electron chi connectivity index (χ0n) is 5.76. The van der Waals surface area contributed by atoms with Gasteiger partial charge in [0.1, 0.15) is 0 Å². The van der Waals surface area contributed by atoms with Gasteiger partial charge in [-0.25, -0.2) is 0 Å². The van der Waals surface area contributed by atoms with Gasteiger partial charge in [-0.05, 0) is 12.7 Å². The van der Waals surface area contributed by atoms with Crippen LogP contribution >= 0.6 is 11.8 Å². The van der Waals surface area contributed by atoms with Crippen LogP contribution in [0.1, 0.15) is 20.3 Å². The first-order valence-corrected chi connectivity index (χ1v) is 3.99. The van der Waals surface area contributed by atoms with Gasteiger partial charge in [0.05, 0.1) is 6.10 Å². The van der Waals surface area contributed by atoms with Crippen molar-refractivity contribution in [3.05, 3.63) is 0 Å². The minimum Gasteiger partial charge on any atom is -0.393 e. The first-order chi connectivity index (χ1) is 4.16. The molecule has 0 aliphatic carbocycles. The lowest BCUT2D eigenvalue weighted by Crippen LogP contribution is -2.05. The van der Waals surface area contributed by atoms with Crippen LogP contribution in [0.5, 0.6) is 0 Å². The second kappa shape index (κ2) is 4.82. The molecule has 0 aromatic carbocycles. The van der Waals surface area contributed by atoms with Crippen LogP contribution in [-0.4, -0.2) is 22.1 Å². The summed E-state index contributed by atoms with van der Waals surface area (Å²) in [4.78, 5) is 10.7. The van der Waals surface area contributed by atoms with E-state index in [0.717, 1.165) is 5.75 Å².